The standard InChI is InChI=1S/C26H38N6O5/c1-5-16(4)22(25(35)30-20(26(36)37)12-18-13-28-14-29-18)32-24(34)21(15(2)3)31-23(33)19(27)11-17-9-7-6-8-10-17/h6-10,13-16,19-22H,5,11-12,27H2,1-4H3,(H,28,29)(H,30,35)(H,31,33)(H,32,34)(H,36,37). The zero-order valence-electron chi connectivity index (χ0n) is 21.7. The number of nitrogens with two attached hydrogens (primary N) is 1. The molecule has 11 nitrogen and oxygen atoms in total. The molecular formula is C26H38N6O5. The summed E-state index contributed by atoms with van der Waals surface area (Å²) in [5.74, 6) is -3.44. The fourth-order valence-corrected chi connectivity index (χ4v) is 3.78. The Morgan fingerprint density at radius 1 is 0.946 bits per heavy atom. The summed E-state index contributed by atoms with van der Waals surface area (Å²) in [4.78, 5) is 57.6. The number of aromatic amines is 1. The number of carbonyl (C=O) groups is 4. The largest absolute Gasteiger partial charge is 0.480 e. The van der Waals surface area contributed by atoms with Gasteiger partial charge in [0.2, 0.25) is 17.7 Å². The third-order valence-corrected chi connectivity index (χ3v) is 6.27. The smallest absolute Gasteiger partial charge is 0.326 e. The van der Waals surface area contributed by atoms with Crippen LogP contribution in [0.1, 0.15) is 45.4 Å². The molecule has 2 rings (SSSR count). The van der Waals surface area contributed by atoms with Crippen molar-refractivity contribution in [1.29, 1.82) is 0 Å². The lowest BCUT2D eigenvalue weighted by Gasteiger charge is -2.29. The molecule has 0 aliphatic rings. The molecule has 37 heavy (non-hydrogen) atoms. The number of rotatable bonds is 14. The summed E-state index contributed by atoms with van der Waals surface area (Å²) >= 11 is 0. The van der Waals surface area contributed by atoms with Crippen LogP contribution in [0.2, 0.25) is 0 Å². The zero-order chi connectivity index (χ0) is 27.5. The number of hydrogen-bond donors (Lipinski definition) is 6. The van der Waals surface area contributed by atoms with Crippen molar-refractivity contribution in [2.75, 3.05) is 0 Å². The van der Waals surface area contributed by atoms with Crippen LogP contribution in [-0.2, 0) is 32.0 Å². The molecule has 5 unspecified atom stereocenters. The summed E-state index contributed by atoms with van der Waals surface area (Å²) in [7, 11) is 0. The highest BCUT2D eigenvalue weighted by atomic mass is 16.4. The average molecular weight is 515 g/mol. The normalized spacial score (nSPS) is 15.2. The van der Waals surface area contributed by atoms with Gasteiger partial charge >= 0.3 is 5.97 Å². The molecule has 0 spiro atoms. The Balaban J connectivity index is 2.09. The van der Waals surface area contributed by atoms with Crippen molar-refractivity contribution >= 4 is 23.7 Å². The average Bonchev–Trinajstić information content (AvgIpc) is 3.38. The molecule has 0 bridgehead atoms. The second kappa shape index (κ2) is 14.1. The molecule has 2 aromatic rings. The highest BCUT2D eigenvalue weighted by Gasteiger charge is 2.34. The monoisotopic (exact) mass is 514 g/mol. The maximum Gasteiger partial charge on any atom is 0.326 e. The minimum atomic E-state index is -1.21. The molecule has 1 aromatic heterocycles. The SMILES string of the molecule is CCC(C)C(NC(=O)C(NC(=O)C(N)Cc1ccccc1)C(C)C)C(=O)NC(Cc1cnc[nH]1)C(=O)O. The first-order valence-electron chi connectivity index (χ1n) is 12.4. The summed E-state index contributed by atoms with van der Waals surface area (Å²) in [6.07, 6.45) is 3.77. The fraction of sp³-hybridized carbons (Fsp3) is 0.500. The maximum absolute atomic E-state index is 13.2. The van der Waals surface area contributed by atoms with Gasteiger partial charge in [-0.15, -0.1) is 0 Å². The number of nitrogens with one attached hydrogen (secondary N) is 4. The number of carbonyl (C=O) groups excluding carboxylic acids is 3. The Hall–Kier alpha value is -3.73. The number of H-pyrrole nitrogens is 1. The summed E-state index contributed by atoms with van der Waals surface area (Å²) in [5.41, 5.74) is 7.53. The van der Waals surface area contributed by atoms with Crippen LogP contribution in [0, 0.1) is 11.8 Å². The van der Waals surface area contributed by atoms with Crippen LogP contribution in [-0.4, -0.2) is 62.9 Å². The molecule has 11 heteroatoms. The molecule has 0 saturated heterocycles. The van der Waals surface area contributed by atoms with Crippen LogP contribution in [0.25, 0.3) is 0 Å². The molecule has 0 saturated carbocycles. The number of amides is 3. The zero-order valence-corrected chi connectivity index (χ0v) is 21.7. The van der Waals surface area contributed by atoms with E-state index in [2.05, 4.69) is 25.9 Å². The minimum Gasteiger partial charge on any atom is -0.480 e. The third kappa shape index (κ3) is 9.02. The van der Waals surface area contributed by atoms with E-state index >= 15 is 0 Å². The van der Waals surface area contributed by atoms with Crippen LogP contribution >= 0.6 is 0 Å². The van der Waals surface area contributed by atoms with Crippen LogP contribution in [0.4, 0.5) is 0 Å². The number of benzene rings is 1. The van der Waals surface area contributed by atoms with Crippen molar-refractivity contribution in [1.82, 2.24) is 25.9 Å². The Morgan fingerprint density at radius 3 is 2.11 bits per heavy atom. The molecule has 5 atom stereocenters. The highest BCUT2D eigenvalue weighted by Crippen LogP contribution is 2.12. The molecule has 0 aliphatic heterocycles. The molecule has 0 radical (unpaired) electrons. The first kappa shape index (κ1) is 29.5. The number of aliphatic carboxylic acids is 1. The van der Waals surface area contributed by atoms with E-state index in [0.717, 1.165) is 5.56 Å². The molecule has 0 fully saturated rings. The molecule has 0 aliphatic carbocycles. The Morgan fingerprint density at radius 2 is 1.57 bits per heavy atom. The molecule has 7 N–H and O–H groups in total. The summed E-state index contributed by atoms with van der Waals surface area (Å²) in [6, 6.07) is 5.30. The van der Waals surface area contributed by atoms with Gasteiger partial charge in [0.15, 0.2) is 0 Å². The summed E-state index contributed by atoms with van der Waals surface area (Å²) < 4.78 is 0. The van der Waals surface area contributed by atoms with Crippen LogP contribution in [0.15, 0.2) is 42.9 Å². The van der Waals surface area contributed by atoms with Gasteiger partial charge in [0.25, 0.3) is 0 Å². The van der Waals surface area contributed by atoms with Crippen molar-refractivity contribution < 1.29 is 24.3 Å². The predicted octanol–water partition coefficient (Wildman–Crippen LogP) is 0.763. The van der Waals surface area contributed by atoms with E-state index in [1.807, 2.05) is 37.3 Å². The van der Waals surface area contributed by atoms with Crippen molar-refractivity contribution in [3.63, 3.8) is 0 Å². The molecule has 1 heterocycles. The maximum atomic E-state index is 13.2. The van der Waals surface area contributed by atoms with Crippen LogP contribution < -0.4 is 21.7 Å². The van der Waals surface area contributed by atoms with Gasteiger partial charge in [-0.2, -0.15) is 0 Å². The predicted molar refractivity (Wildman–Crippen MR) is 138 cm³/mol. The highest BCUT2D eigenvalue weighted by molar-refractivity contribution is 5.94. The Labute approximate surface area is 217 Å². The molecule has 1 aromatic carbocycles. The van der Waals surface area contributed by atoms with Gasteiger partial charge < -0.3 is 31.8 Å². The number of aromatic nitrogens is 2. The lowest BCUT2D eigenvalue weighted by molar-refractivity contribution is -0.142. The minimum absolute atomic E-state index is 0.00618. The van der Waals surface area contributed by atoms with Gasteiger partial charge in [-0.05, 0) is 23.8 Å². The van der Waals surface area contributed by atoms with Crippen molar-refractivity contribution in [3.8, 4) is 0 Å². The van der Waals surface area contributed by atoms with Gasteiger partial charge in [-0.1, -0.05) is 64.4 Å². The molecular weight excluding hydrogens is 476 g/mol. The van der Waals surface area contributed by atoms with E-state index in [0.29, 0.717) is 18.5 Å². The van der Waals surface area contributed by atoms with Crippen LogP contribution in [0.5, 0.6) is 0 Å². The second-order valence-corrected chi connectivity index (χ2v) is 9.58. The molecule has 3 amide bonds. The first-order valence-corrected chi connectivity index (χ1v) is 12.4. The van der Waals surface area contributed by atoms with Gasteiger partial charge in [0.1, 0.15) is 18.1 Å². The number of carboxylic acids is 1. The Kier molecular flexibility index (Phi) is 11.3. The van der Waals surface area contributed by atoms with Gasteiger partial charge in [0, 0.05) is 18.3 Å². The number of carboxylic acid groups (broad SMARTS) is 1. The first-order chi connectivity index (χ1) is 17.5. The van der Waals surface area contributed by atoms with Gasteiger partial charge in [0.05, 0.1) is 12.4 Å². The second-order valence-electron chi connectivity index (χ2n) is 9.58. The lowest BCUT2D eigenvalue weighted by atomic mass is 9.95. The van der Waals surface area contributed by atoms with E-state index in [4.69, 9.17) is 5.73 Å². The number of imidazole rings is 1. The van der Waals surface area contributed by atoms with Gasteiger partial charge in [-0.25, -0.2) is 9.78 Å². The van der Waals surface area contributed by atoms with E-state index in [1.54, 1.807) is 20.8 Å². The fourth-order valence-electron chi connectivity index (χ4n) is 3.78. The van der Waals surface area contributed by atoms with Crippen molar-refractivity contribution in [2.45, 2.75) is 71.1 Å². The van der Waals surface area contributed by atoms with Crippen molar-refractivity contribution in [3.05, 3.63) is 54.1 Å². The topological polar surface area (TPSA) is 179 Å². The van der Waals surface area contributed by atoms with Crippen molar-refractivity contribution in [2.24, 2.45) is 17.6 Å². The Bertz CT molecular complexity index is 1030. The third-order valence-electron chi connectivity index (χ3n) is 6.27. The summed E-state index contributed by atoms with van der Waals surface area (Å²) in [6.45, 7) is 7.20. The number of nitrogens with zero attached hydrogens (tertiary/aromatic N) is 1. The van der Waals surface area contributed by atoms with Gasteiger partial charge in [-0.3, -0.25) is 14.4 Å². The quantitative estimate of drug-likeness (QED) is 0.215. The van der Waals surface area contributed by atoms with E-state index < -0.39 is 47.9 Å². The van der Waals surface area contributed by atoms with E-state index in [9.17, 15) is 24.3 Å². The molecule has 202 valence electrons. The lowest BCUT2D eigenvalue weighted by Crippen LogP contribution is -2.60. The van der Waals surface area contributed by atoms with E-state index in [1.165, 1.54) is 12.5 Å². The van der Waals surface area contributed by atoms with E-state index in [-0.39, 0.29) is 18.3 Å². The van der Waals surface area contributed by atoms with Crippen LogP contribution in [0.3, 0.4) is 0 Å². The number of hydrogen-bond acceptors (Lipinski definition) is 6. The summed E-state index contributed by atoms with van der Waals surface area (Å²) in [5, 5.41) is 17.6.